The van der Waals surface area contributed by atoms with E-state index in [1.54, 1.807) is 12.1 Å². The first-order valence-electron chi connectivity index (χ1n) is 6.29. The molecular weight excluding hydrogens is 296 g/mol. The van der Waals surface area contributed by atoms with Gasteiger partial charge in [0, 0.05) is 7.11 Å². The highest BCUT2D eigenvalue weighted by molar-refractivity contribution is 7.86. The summed E-state index contributed by atoms with van der Waals surface area (Å²) in [6.45, 7) is 1.46. The fourth-order valence-corrected chi connectivity index (χ4v) is 2.64. The Balaban J connectivity index is 2.03. The zero-order valence-electron chi connectivity index (χ0n) is 11.7. The number of hydrogen-bond acceptors (Lipinski definition) is 6. The Hall–Kier alpha value is -1.54. The van der Waals surface area contributed by atoms with Crippen molar-refractivity contribution in [1.82, 2.24) is 0 Å². The number of methoxy groups -OCH3 is 1. The average molecular weight is 312 g/mol. The van der Waals surface area contributed by atoms with Gasteiger partial charge in [-0.1, -0.05) is 17.7 Å². The summed E-state index contributed by atoms with van der Waals surface area (Å²) >= 11 is 0. The van der Waals surface area contributed by atoms with Crippen LogP contribution in [0.1, 0.15) is 5.56 Å². The molecule has 0 bridgehead atoms. The van der Waals surface area contributed by atoms with Crippen LogP contribution < -0.4 is 0 Å². The Morgan fingerprint density at radius 2 is 1.90 bits per heavy atom. The van der Waals surface area contributed by atoms with Crippen LogP contribution in [0.25, 0.3) is 0 Å². The van der Waals surface area contributed by atoms with E-state index in [4.69, 9.17) is 13.7 Å². The van der Waals surface area contributed by atoms with Crippen molar-refractivity contribution in [2.45, 2.75) is 24.2 Å². The number of carbonyl (C=O) groups excluding carboxylic acids is 1. The fraction of sp³-hybridized carbons (Fsp3) is 0.357. The smallest absolute Gasteiger partial charge is 0.297 e. The summed E-state index contributed by atoms with van der Waals surface area (Å²) in [6, 6.07) is 6.24. The number of rotatable bonds is 5. The molecule has 2 rings (SSSR count). The van der Waals surface area contributed by atoms with Crippen molar-refractivity contribution in [3.63, 3.8) is 0 Å². The van der Waals surface area contributed by atoms with Crippen molar-refractivity contribution in [3.05, 3.63) is 42.0 Å². The second-order valence-electron chi connectivity index (χ2n) is 4.54. The quantitative estimate of drug-likeness (QED) is 0.760. The molecule has 114 valence electrons. The maximum Gasteiger partial charge on any atom is 0.297 e. The molecule has 0 radical (unpaired) electrons. The van der Waals surface area contributed by atoms with Gasteiger partial charge in [0.25, 0.3) is 10.1 Å². The van der Waals surface area contributed by atoms with Gasteiger partial charge in [-0.15, -0.1) is 0 Å². The second kappa shape index (κ2) is 6.48. The lowest BCUT2D eigenvalue weighted by atomic mass is 10.2. The maximum absolute atomic E-state index is 12.0. The molecule has 0 N–H and O–H groups in total. The van der Waals surface area contributed by atoms with E-state index in [-0.39, 0.29) is 17.3 Å². The number of aryl methyl sites for hydroxylation is 1. The van der Waals surface area contributed by atoms with Crippen LogP contribution in [0.4, 0.5) is 0 Å². The maximum atomic E-state index is 12.0. The molecule has 1 aromatic rings. The van der Waals surface area contributed by atoms with Gasteiger partial charge < -0.3 is 9.47 Å². The lowest BCUT2D eigenvalue weighted by Gasteiger charge is -2.23. The van der Waals surface area contributed by atoms with Crippen LogP contribution in [0.3, 0.4) is 0 Å². The van der Waals surface area contributed by atoms with E-state index in [0.29, 0.717) is 0 Å². The third kappa shape index (κ3) is 3.98. The van der Waals surface area contributed by atoms with Crippen LogP contribution in [0.5, 0.6) is 0 Å². The van der Waals surface area contributed by atoms with E-state index in [1.807, 2.05) is 6.92 Å². The van der Waals surface area contributed by atoms with Crippen LogP contribution in [-0.2, 0) is 28.6 Å². The van der Waals surface area contributed by atoms with Crippen LogP contribution in [-0.4, -0.2) is 40.3 Å². The first kappa shape index (κ1) is 15.8. The third-order valence-corrected chi connectivity index (χ3v) is 4.25. The van der Waals surface area contributed by atoms with E-state index < -0.39 is 22.5 Å². The van der Waals surface area contributed by atoms with E-state index in [2.05, 4.69) is 0 Å². The van der Waals surface area contributed by atoms with Crippen molar-refractivity contribution in [2.24, 2.45) is 0 Å². The van der Waals surface area contributed by atoms with Crippen molar-refractivity contribution in [3.8, 4) is 0 Å². The molecule has 1 aromatic carbocycles. The normalized spacial score (nSPS) is 22.5. The third-order valence-electron chi connectivity index (χ3n) is 2.95. The average Bonchev–Trinajstić information content (AvgIpc) is 2.47. The predicted molar refractivity (Wildman–Crippen MR) is 74.1 cm³/mol. The molecule has 6 nitrogen and oxygen atoms in total. The summed E-state index contributed by atoms with van der Waals surface area (Å²) in [4.78, 5) is 11.6. The summed E-state index contributed by atoms with van der Waals surface area (Å²) in [5.41, 5.74) is 0.938. The van der Waals surface area contributed by atoms with Gasteiger partial charge in [-0.05, 0) is 31.2 Å². The molecule has 0 spiro atoms. The molecule has 0 saturated heterocycles. The highest BCUT2D eigenvalue weighted by Gasteiger charge is 2.28. The van der Waals surface area contributed by atoms with Crippen LogP contribution in [0.15, 0.2) is 41.3 Å². The molecule has 0 unspecified atom stereocenters. The molecule has 1 aliphatic heterocycles. The van der Waals surface area contributed by atoms with Gasteiger partial charge in [0.2, 0.25) is 0 Å². The molecule has 0 aliphatic carbocycles. The topological polar surface area (TPSA) is 78.9 Å². The molecule has 0 aromatic heterocycles. The molecule has 21 heavy (non-hydrogen) atoms. The van der Waals surface area contributed by atoms with Gasteiger partial charge in [0.05, 0.1) is 4.90 Å². The summed E-state index contributed by atoms with van der Waals surface area (Å²) in [7, 11) is -2.50. The molecule has 0 saturated carbocycles. The van der Waals surface area contributed by atoms with Crippen molar-refractivity contribution < 1.29 is 26.9 Å². The number of carbonyl (C=O) groups is 1. The minimum Gasteiger partial charge on any atom is -0.352 e. The Labute approximate surface area is 123 Å². The second-order valence-corrected chi connectivity index (χ2v) is 6.16. The summed E-state index contributed by atoms with van der Waals surface area (Å²) < 4.78 is 39.1. The Morgan fingerprint density at radius 3 is 2.52 bits per heavy atom. The Morgan fingerprint density at radius 1 is 1.24 bits per heavy atom. The number of benzene rings is 1. The van der Waals surface area contributed by atoms with Gasteiger partial charge in [-0.2, -0.15) is 8.42 Å². The van der Waals surface area contributed by atoms with Crippen molar-refractivity contribution in [1.29, 1.82) is 0 Å². The van der Waals surface area contributed by atoms with E-state index in [9.17, 15) is 13.2 Å². The van der Waals surface area contributed by atoms with Crippen molar-refractivity contribution >= 4 is 15.9 Å². The minimum atomic E-state index is -3.92. The molecule has 0 fully saturated rings. The van der Waals surface area contributed by atoms with Gasteiger partial charge in [0.1, 0.15) is 12.7 Å². The van der Waals surface area contributed by atoms with Crippen LogP contribution >= 0.6 is 0 Å². The number of ketones is 1. The Kier molecular flexibility index (Phi) is 4.89. The fourth-order valence-electron chi connectivity index (χ4n) is 1.73. The SMILES string of the molecule is CO[C@@H]1C=CC(=O)[C@@H](COS(=O)(=O)c2ccc(C)cc2)O1. The van der Waals surface area contributed by atoms with Gasteiger partial charge >= 0.3 is 0 Å². The van der Waals surface area contributed by atoms with Gasteiger partial charge in [0.15, 0.2) is 12.1 Å². The molecule has 1 heterocycles. The predicted octanol–water partition coefficient (Wildman–Crippen LogP) is 1.20. The Bertz CT molecular complexity index is 632. The zero-order valence-corrected chi connectivity index (χ0v) is 12.5. The highest BCUT2D eigenvalue weighted by atomic mass is 32.2. The van der Waals surface area contributed by atoms with Crippen molar-refractivity contribution in [2.75, 3.05) is 13.7 Å². The standard InChI is InChI=1S/C14H16O6S/c1-10-3-5-11(6-4-10)21(16,17)19-9-13-12(15)7-8-14(18-2)20-13/h3-8,13-14H,9H2,1-2H3/t13-,14+/m1/s1. The van der Waals surface area contributed by atoms with E-state index in [1.165, 1.54) is 31.4 Å². The monoisotopic (exact) mass is 312 g/mol. The van der Waals surface area contributed by atoms with E-state index in [0.717, 1.165) is 5.56 Å². The van der Waals surface area contributed by atoms with Gasteiger partial charge in [-0.3, -0.25) is 8.98 Å². The molecule has 0 amide bonds. The van der Waals surface area contributed by atoms with Crippen LogP contribution in [0, 0.1) is 6.92 Å². The lowest BCUT2D eigenvalue weighted by molar-refractivity contribution is -0.159. The minimum absolute atomic E-state index is 0.0372. The summed E-state index contributed by atoms with van der Waals surface area (Å²) in [5.74, 6) is -0.359. The first-order chi connectivity index (χ1) is 9.92. The lowest BCUT2D eigenvalue weighted by Crippen LogP contribution is -2.36. The number of ether oxygens (including phenoxy) is 2. The largest absolute Gasteiger partial charge is 0.352 e. The van der Waals surface area contributed by atoms with Gasteiger partial charge in [-0.25, -0.2) is 0 Å². The molecule has 7 heteroatoms. The van der Waals surface area contributed by atoms with E-state index >= 15 is 0 Å². The summed E-state index contributed by atoms with van der Waals surface area (Å²) in [5, 5.41) is 0. The highest BCUT2D eigenvalue weighted by Crippen LogP contribution is 2.16. The zero-order chi connectivity index (χ0) is 15.5. The number of hydrogen-bond donors (Lipinski definition) is 0. The molecule has 1 aliphatic rings. The first-order valence-corrected chi connectivity index (χ1v) is 7.69. The van der Waals surface area contributed by atoms with Crippen LogP contribution in [0.2, 0.25) is 0 Å². The molecule has 2 atom stereocenters. The molecular formula is C14H16O6S. The summed E-state index contributed by atoms with van der Waals surface area (Å²) in [6.07, 6.45) is 1.07.